The van der Waals surface area contributed by atoms with E-state index in [-0.39, 0.29) is 0 Å². The average molecular weight is 282 g/mol. The largest absolute Gasteiger partial charge is 0.497 e. The van der Waals surface area contributed by atoms with E-state index in [0.717, 1.165) is 33.7 Å². The Morgan fingerprint density at radius 2 is 2.28 bits per heavy atom. The maximum Gasteiger partial charge on any atom is 0.178 e. The van der Waals surface area contributed by atoms with E-state index in [4.69, 9.17) is 17.0 Å². The lowest BCUT2D eigenvalue weighted by Gasteiger charge is -2.16. The van der Waals surface area contributed by atoms with Crippen molar-refractivity contribution in [3.8, 4) is 5.75 Å². The quantitative estimate of drug-likeness (QED) is 0.840. The third-order valence-electron chi connectivity index (χ3n) is 3.12. The van der Waals surface area contributed by atoms with Crippen LogP contribution in [0.2, 0.25) is 0 Å². The van der Waals surface area contributed by atoms with Gasteiger partial charge in [-0.2, -0.15) is 11.8 Å². The zero-order valence-corrected chi connectivity index (χ0v) is 12.5. The standard InChI is InChI=1S/C13H18N2OS2/c1-4-9(8-18-3)15-12-7-10(16-2)5-6-11(12)14-13(15)17/h5-7,9H,4,8H2,1-3H3,(H,14,17). The SMILES string of the molecule is CCC(CSC)n1c(=S)[nH]c2ccc(OC)cc21. The van der Waals surface area contributed by atoms with Crippen LogP contribution in [0.4, 0.5) is 0 Å². The summed E-state index contributed by atoms with van der Waals surface area (Å²) in [6.45, 7) is 2.20. The minimum atomic E-state index is 0.424. The summed E-state index contributed by atoms with van der Waals surface area (Å²) >= 11 is 7.29. The molecule has 98 valence electrons. The third kappa shape index (κ3) is 2.42. The Morgan fingerprint density at radius 1 is 1.50 bits per heavy atom. The second kappa shape index (κ2) is 5.80. The number of ether oxygens (including phenoxy) is 1. The number of hydrogen-bond donors (Lipinski definition) is 1. The number of benzene rings is 1. The Kier molecular flexibility index (Phi) is 4.35. The number of imidazole rings is 1. The molecule has 1 heterocycles. The molecule has 1 unspecified atom stereocenters. The summed E-state index contributed by atoms with van der Waals surface area (Å²) < 4.78 is 8.30. The van der Waals surface area contributed by atoms with Gasteiger partial charge in [-0.3, -0.25) is 0 Å². The van der Waals surface area contributed by atoms with Crippen LogP contribution in [0.15, 0.2) is 18.2 Å². The van der Waals surface area contributed by atoms with Crippen LogP contribution >= 0.6 is 24.0 Å². The smallest absolute Gasteiger partial charge is 0.178 e. The van der Waals surface area contributed by atoms with Crippen LogP contribution in [-0.2, 0) is 0 Å². The van der Waals surface area contributed by atoms with Gasteiger partial charge in [-0.25, -0.2) is 0 Å². The number of nitrogens with one attached hydrogen (secondary N) is 1. The predicted molar refractivity (Wildman–Crippen MR) is 81.4 cm³/mol. The van der Waals surface area contributed by atoms with Gasteiger partial charge in [-0.1, -0.05) is 6.92 Å². The summed E-state index contributed by atoms with van der Waals surface area (Å²) in [6.07, 6.45) is 3.20. The zero-order chi connectivity index (χ0) is 13.1. The van der Waals surface area contributed by atoms with Crippen molar-refractivity contribution in [1.29, 1.82) is 0 Å². The molecular formula is C13H18N2OS2. The number of thioether (sulfide) groups is 1. The van der Waals surface area contributed by atoms with Crippen LogP contribution < -0.4 is 4.74 Å². The molecule has 0 aliphatic rings. The highest BCUT2D eigenvalue weighted by atomic mass is 32.2. The summed E-state index contributed by atoms with van der Waals surface area (Å²) in [5.74, 6) is 1.93. The Balaban J connectivity index is 2.60. The van der Waals surface area contributed by atoms with Gasteiger partial charge in [-0.05, 0) is 37.0 Å². The van der Waals surface area contributed by atoms with Crippen LogP contribution in [0.1, 0.15) is 19.4 Å². The fourth-order valence-electron chi connectivity index (χ4n) is 2.16. The fraction of sp³-hybridized carbons (Fsp3) is 0.462. The van der Waals surface area contributed by atoms with Crippen LogP contribution in [0.5, 0.6) is 5.75 Å². The van der Waals surface area contributed by atoms with Gasteiger partial charge in [0.15, 0.2) is 4.77 Å². The predicted octanol–water partition coefficient (Wildman–Crippen LogP) is 4.02. The lowest BCUT2D eigenvalue weighted by atomic mass is 10.2. The second-order valence-electron chi connectivity index (χ2n) is 4.20. The average Bonchev–Trinajstić information content (AvgIpc) is 2.71. The lowest BCUT2D eigenvalue weighted by molar-refractivity contribution is 0.415. The highest BCUT2D eigenvalue weighted by molar-refractivity contribution is 7.98. The molecule has 1 aromatic carbocycles. The molecule has 1 atom stereocenters. The van der Waals surface area contributed by atoms with Gasteiger partial charge >= 0.3 is 0 Å². The van der Waals surface area contributed by atoms with Crippen molar-refractivity contribution in [1.82, 2.24) is 9.55 Å². The Hall–Kier alpha value is -0.940. The van der Waals surface area contributed by atoms with E-state index < -0.39 is 0 Å². The second-order valence-corrected chi connectivity index (χ2v) is 5.50. The van der Waals surface area contributed by atoms with Crippen LogP contribution in [0.25, 0.3) is 11.0 Å². The molecule has 3 nitrogen and oxygen atoms in total. The van der Waals surface area contributed by atoms with Crippen LogP contribution in [0, 0.1) is 4.77 Å². The van der Waals surface area contributed by atoms with Gasteiger partial charge in [0.2, 0.25) is 0 Å². The normalized spacial score (nSPS) is 12.8. The molecule has 0 aliphatic carbocycles. The van der Waals surface area contributed by atoms with E-state index in [2.05, 4.69) is 22.7 Å². The topological polar surface area (TPSA) is 29.9 Å². The van der Waals surface area contributed by atoms with Crippen LogP contribution in [-0.4, -0.2) is 28.7 Å². The number of H-pyrrole nitrogens is 1. The van der Waals surface area contributed by atoms with E-state index in [9.17, 15) is 0 Å². The van der Waals surface area contributed by atoms with E-state index in [0.29, 0.717) is 6.04 Å². The monoisotopic (exact) mass is 282 g/mol. The molecule has 2 rings (SSSR count). The minimum absolute atomic E-state index is 0.424. The van der Waals surface area contributed by atoms with E-state index >= 15 is 0 Å². The maximum absolute atomic E-state index is 5.45. The number of hydrogen-bond acceptors (Lipinski definition) is 3. The molecule has 0 saturated carbocycles. The van der Waals surface area contributed by atoms with Gasteiger partial charge in [0.25, 0.3) is 0 Å². The highest BCUT2D eigenvalue weighted by Crippen LogP contribution is 2.26. The zero-order valence-electron chi connectivity index (χ0n) is 10.9. The van der Waals surface area contributed by atoms with E-state index in [1.165, 1.54) is 0 Å². The van der Waals surface area contributed by atoms with E-state index in [1.807, 2.05) is 30.0 Å². The van der Waals surface area contributed by atoms with E-state index in [1.54, 1.807) is 7.11 Å². The van der Waals surface area contributed by atoms with Crippen molar-refractivity contribution < 1.29 is 4.74 Å². The molecule has 2 aromatic rings. The lowest BCUT2D eigenvalue weighted by Crippen LogP contribution is -2.10. The Morgan fingerprint density at radius 3 is 2.89 bits per heavy atom. The van der Waals surface area contributed by atoms with Gasteiger partial charge in [0.1, 0.15) is 5.75 Å². The molecule has 1 aromatic heterocycles. The summed E-state index contributed by atoms with van der Waals surface area (Å²) in [5.41, 5.74) is 2.20. The molecule has 0 bridgehead atoms. The minimum Gasteiger partial charge on any atom is -0.497 e. The first-order valence-corrected chi connectivity index (χ1v) is 7.78. The number of aromatic nitrogens is 2. The maximum atomic E-state index is 5.45. The number of methoxy groups -OCH3 is 1. The number of nitrogens with zero attached hydrogens (tertiary/aromatic N) is 1. The summed E-state index contributed by atoms with van der Waals surface area (Å²) in [6, 6.07) is 6.44. The first-order chi connectivity index (χ1) is 8.71. The summed E-state index contributed by atoms with van der Waals surface area (Å²) in [5, 5.41) is 0. The molecule has 18 heavy (non-hydrogen) atoms. The highest BCUT2D eigenvalue weighted by Gasteiger charge is 2.13. The fourth-order valence-corrected chi connectivity index (χ4v) is 3.29. The molecule has 0 fully saturated rings. The van der Waals surface area contributed by atoms with Crippen molar-refractivity contribution in [3.05, 3.63) is 23.0 Å². The Labute approximate surface area is 117 Å². The van der Waals surface area contributed by atoms with Gasteiger partial charge in [0.05, 0.1) is 18.1 Å². The van der Waals surface area contributed by atoms with Gasteiger partial charge < -0.3 is 14.3 Å². The van der Waals surface area contributed by atoms with Gasteiger partial charge in [0, 0.05) is 17.9 Å². The van der Waals surface area contributed by atoms with Crippen molar-refractivity contribution in [2.75, 3.05) is 19.1 Å². The number of rotatable bonds is 5. The van der Waals surface area contributed by atoms with Gasteiger partial charge in [-0.15, -0.1) is 0 Å². The number of aromatic amines is 1. The Bertz CT molecular complexity index is 588. The molecule has 0 aliphatic heterocycles. The molecule has 1 N–H and O–H groups in total. The van der Waals surface area contributed by atoms with Crippen molar-refractivity contribution in [2.24, 2.45) is 0 Å². The molecule has 0 amide bonds. The summed E-state index contributed by atoms with van der Waals surface area (Å²) in [7, 11) is 1.69. The third-order valence-corrected chi connectivity index (χ3v) is 4.14. The van der Waals surface area contributed by atoms with Crippen molar-refractivity contribution in [2.45, 2.75) is 19.4 Å². The molecular weight excluding hydrogens is 264 g/mol. The molecule has 0 saturated heterocycles. The summed E-state index contributed by atoms with van der Waals surface area (Å²) in [4.78, 5) is 3.26. The van der Waals surface area contributed by atoms with Crippen LogP contribution in [0.3, 0.4) is 0 Å². The molecule has 0 radical (unpaired) electrons. The van der Waals surface area contributed by atoms with Crippen molar-refractivity contribution in [3.63, 3.8) is 0 Å². The van der Waals surface area contributed by atoms with Crippen molar-refractivity contribution >= 4 is 35.0 Å². The molecule has 5 heteroatoms. The number of fused-ring (bicyclic) bond motifs is 1. The first kappa shape index (κ1) is 13.5. The first-order valence-electron chi connectivity index (χ1n) is 5.98. The molecule has 0 spiro atoms.